The van der Waals surface area contributed by atoms with Crippen molar-refractivity contribution in [3.63, 3.8) is 0 Å². The Hall–Kier alpha value is -2.80. The monoisotopic (exact) mass is 452 g/mol. The van der Waals surface area contributed by atoms with Crippen molar-refractivity contribution >= 4 is 51.7 Å². The first kappa shape index (κ1) is 19.2. The normalized spacial score (nSPS) is 11.4. The number of thiazole rings is 1. The lowest BCUT2D eigenvalue weighted by Crippen LogP contribution is -2.23. The highest BCUT2D eigenvalue weighted by atomic mass is 35.5. The Bertz CT molecular complexity index is 1550. The van der Waals surface area contributed by atoms with Gasteiger partial charge in [-0.05, 0) is 48.1 Å². The Morgan fingerprint density at radius 1 is 1.00 bits per heavy atom. The number of nitrogens with zero attached hydrogens (tertiary/aromatic N) is 2. The minimum absolute atomic E-state index is 0.157. The van der Waals surface area contributed by atoms with E-state index in [4.69, 9.17) is 23.8 Å². The van der Waals surface area contributed by atoms with Gasteiger partial charge in [-0.25, -0.2) is 4.39 Å². The fourth-order valence-electron chi connectivity index (χ4n) is 3.70. The molecular formula is C23H14ClFN2OS2. The van der Waals surface area contributed by atoms with Gasteiger partial charge in [-0.3, -0.25) is 13.8 Å². The van der Waals surface area contributed by atoms with Crippen LogP contribution < -0.4 is 5.56 Å². The lowest BCUT2D eigenvalue weighted by molar-refractivity contribution is 0.631. The van der Waals surface area contributed by atoms with Crippen molar-refractivity contribution in [2.45, 2.75) is 6.54 Å². The molecule has 0 saturated carbocycles. The zero-order valence-electron chi connectivity index (χ0n) is 15.5. The Labute approximate surface area is 185 Å². The minimum Gasteiger partial charge on any atom is -0.288 e. The van der Waals surface area contributed by atoms with E-state index in [0.717, 1.165) is 5.56 Å². The van der Waals surface area contributed by atoms with Gasteiger partial charge in [0.15, 0.2) is 3.95 Å². The summed E-state index contributed by atoms with van der Waals surface area (Å²) in [7, 11) is 0. The van der Waals surface area contributed by atoms with Crippen LogP contribution in [0.1, 0.15) is 5.56 Å². The number of hydrogen-bond acceptors (Lipinski definition) is 3. The van der Waals surface area contributed by atoms with Crippen LogP contribution in [0.4, 0.5) is 4.39 Å². The van der Waals surface area contributed by atoms with Crippen LogP contribution in [0.25, 0.3) is 27.0 Å². The zero-order valence-corrected chi connectivity index (χ0v) is 17.9. The fraction of sp³-hybridized carbons (Fsp3) is 0.0435. The van der Waals surface area contributed by atoms with E-state index in [1.165, 1.54) is 17.4 Å². The SMILES string of the molecule is O=c1c2ccccc2n2c(=S)sc(-c3ccccc3F)c2n1Cc1cccc(Cl)c1. The summed E-state index contributed by atoms with van der Waals surface area (Å²) in [5, 5.41) is 1.15. The molecule has 5 aromatic rings. The lowest BCUT2D eigenvalue weighted by atomic mass is 10.1. The molecule has 0 aliphatic carbocycles. The summed E-state index contributed by atoms with van der Waals surface area (Å²) in [6.45, 7) is 0.292. The summed E-state index contributed by atoms with van der Waals surface area (Å²) in [6.07, 6.45) is 0. The second-order valence-electron chi connectivity index (χ2n) is 6.87. The fourth-order valence-corrected chi connectivity index (χ4v) is 5.37. The van der Waals surface area contributed by atoms with Crippen LogP contribution in [0, 0.1) is 9.77 Å². The van der Waals surface area contributed by atoms with Crippen LogP contribution in [0.3, 0.4) is 0 Å². The predicted molar refractivity (Wildman–Crippen MR) is 124 cm³/mol. The quantitative estimate of drug-likeness (QED) is 0.290. The van der Waals surface area contributed by atoms with Gasteiger partial charge in [-0.1, -0.05) is 54.1 Å². The van der Waals surface area contributed by atoms with Crippen LogP contribution in [0.5, 0.6) is 0 Å². The number of rotatable bonds is 3. The van der Waals surface area contributed by atoms with Crippen molar-refractivity contribution in [3.05, 3.63) is 104 Å². The van der Waals surface area contributed by atoms with Gasteiger partial charge in [0.05, 0.1) is 22.3 Å². The molecular weight excluding hydrogens is 439 g/mol. The van der Waals surface area contributed by atoms with Crippen molar-refractivity contribution in [1.82, 2.24) is 8.97 Å². The largest absolute Gasteiger partial charge is 0.288 e. The third-order valence-corrected chi connectivity index (χ3v) is 6.64. The highest BCUT2D eigenvalue weighted by Gasteiger charge is 2.20. The minimum atomic E-state index is -0.355. The van der Waals surface area contributed by atoms with Crippen LogP contribution in [0.15, 0.2) is 77.6 Å². The second kappa shape index (κ2) is 7.47. The third-order valence-electron chi connectivity index (χ3n) is 5.01. The van der Waals surface area contributed by atoms with Gasteiger partial charge in [0.25, 0.3) is 5.56 Å². The molecule has 0 saturated heterocycles. The van der Waals surface area contributed by atoms with E-state index < -0.39 is 0 Å². The molecule has 0 aliphatic heterocycles. The smallest absolute Gasteiger partial charge is 0.261 e. The van der Waals surface area contributed by atoms with E-state index in [0.29, 0.717) is 42.5 Å². The molecule has 5 rings (SSSR count). The number of hydrogen-bond donors (Lipinski definition) is 0. The van der Waals surface area contributed by atoms with E-state index >= 15 is 0 Å². The molecule has 0 unspecified atom stereocenters. The van der Waals surface area contributed by atoms with E-state index in [2.05, 4.69) is 0 Å². The van der Waals surface area contributed by atoms with Gasteiger partial charge < -0.3 is 0 Å². The summed E-state index contributed by atoms with van der Waals surface area (Å²) in [6, 6.07) is 21.2. The molecule has 148 valence electrons. The third kappa shape index (κ3) is 3.08. The van der Waals surface area contributed by atoms with Gasteiger partial charge in [0.1, 0.15) is 11.5 Å². The van der Waals surface area contributed by atoms with Crippen molar-refractivity contribution in [2.24, 2.45) is 0 Å². The maximum Gasteiger partial charge on any atom is 0.261 e. The second-order valence-corrected chi connectivity index (χ2v) is 8.95. The average Bonchev–Trinajstić information content (AvgIpc) is 3.08. The molecule has 0 N–H and O–H groups in total. The Balaban J connectivity index is 1.93. The van der Waals surface area contributed by atoms with Crippen molar-refractivity contribution in [2.75, 3.05) is 0 Å². The molecule has 3 aromatic carbocycles. The maximum atomic E-state index is 14.7. The van der Waals surface area contributed by atoms with Crippen molar-refractivity contribution in [1.29, 1.82) is 0 Å². The standard InChI is InChI=1S/C23H14ClFN2OS2/c24-15-7-5-6-14(12-15)13-26-21-20(16-8-1-3-10-18(16)25)30-23(29)27(21)19-11-4-2-9-17(19)22(26)28/h1-12H,13H2. The highest BCUT2D eigenvalue weighted by Crippen LogP contribution is 2.34. The maximum absolute atomic E-state index is 14.7. The van der Waals surface area contributed by atoms with Crippen LogP contribution in [0.2, 0.25) is 5.02 Å². The lowest BCUT2D eigenvalue weighted by Gasteiger charge is -2.14. The first-order valence-electron chi connectivity index (χ1n) is 9.21. The van der Waals surface area contributed by atoms with Crippen LogP contribution in [-0.4, -0.2) is 8.97 Å². The van der Waals surface area contributed by atoms with Crippen LogP contribution in [-0.2, 0) is 6.54 Å². The molecule has 0 bridgehead atoms. The van der Waals surface area contributed by atoms with Gasteiger partial charge in [-0.2, -0.15) is 0 Å². The molecule has 0 fully saturated rings. The predicted octanol–water partition coefficient (Wildman–Crippen LogP) is 6.55. The number of benzene rings is 3. The molecule has 2 heterocycles. The molecule has 3 nitrogen and oxygen atoms in total. The summed E-state index contributed by atoms with van der Waals surface area (Å²) < 4.78 is 18.8. The summed E-state index contributed by atoms with van der Waals surface area (Å²) >= 11 is 13.1. The van der Waals surface area contributed by atoms with Crippen molar-refractivity contribution < 1.29 is 4.39 Å². The Morgan fingerprint density at radius 2 is 1.77 bits per heavy atom. The highest BCUT2D eigenvalue weighted by molar-refractivity contribution is 7.73. The summed E-state index contributed by atoms with van der Waals surface area (Å²) in [5.41, 5.74) is 2.43. The van der Waals surface area contributed by atoms with Gasteiger partial charge in [0.2, 0.25) is 0 Å². The van der Waals surface area contributed by atoms with E-state index in [9.17, 15) is 9.18 Å². The number of fused-ring (bicyclic) bond motifs is 3. The van der Waals surface area contributed by atoms with Gasteiger partial charge >= 0.3 is 0 Å². The molecule has 0 aliphatic rings. The summed E-state index contributed by atoms with van der Waals surface area (Å²) in [5.74, 6) is -0.355. The molecule has 0 spiro atoms. The molecule has 0 atom stereocenters. The number of para-hydroxylation sites is 1. The molecule has 0 amide bonds. The van der Waals surface area contributed by atoms with Crippen LogP contribution >= 0.6 is 35.2 Å². The van der Waals surface area contributed by atoms with E-state index in [-0.39, 0.29) is 11.4 Å². The number of aromatic nitrogens is 2. The van der Waals surface area contributed by atoms with Crippen molar-refractivity contribution in [3.8, 4) is 10.4 Å². The topological polar surface area (TPSA) is 26.4 Å². The zero-order chi connectivity index (χ0) is 20.8. The molecule has 0 radical (unpaired) electrons. The molecule has 7 heteroatoms. The average molecular weight is 453 g/mol. The first-order chi connectivity index (χ1) is 14.5. The first-order valence-corrected chi connectivity index (χ1v) is 10.8. The van der Waals surface area contributed by atoms with E-state index in [1.807, 2.05) is 40.8 Å². The summed E-state index contributed by atoms with van der Waals surface area (Å²) in [4.78, 5) is 14.1. The van der Waals surface area contributed by atoms with Gasteiger partial charge in [0, 0.05) is 10.6 Å². The number of halogens is 2. The van der Waals surface area contributed by atoms with Gasteiger partial charge in [-0.15, -0.1) is 11.3 Å². The Morgan fingerprint density at radius 3 is 2.57 bits per heavy atom. The van der Waals surface area contributed by atoms with E-state index in [1.54, 1.807) is 34.9 Å². The Kier molecular flexibility index (Phi) is 4.77. The molecule has 30 heavy (non-hydrogen) atoms. The molecule has 2 aromatic heterocycles.